The highest BCUT2D eigenvalue weighted by Crippen LogP contribution is 2.32. The predicted molar refractivity (Wildman–Crippen MR) is 104 cm³/mol. The van der Waals surface area contributed by atoms with E-state index in [4.69, 9.17) is 0 Å². The minimum Gasteiger partial charge on any atom is -0.366 e. The van der Waals surface area contributed by atoms with Crippen molar-refractivity contribution in [3.05, 3.63) is 69.3 Å². The number of carbonyl (C=O) groups excluding carboxylic acids is 1. The number of hydrogen-bond donors (Lipinski definition) is 0. The number of carbonyl (C=O) groups is 1. The molecule has 4 rings (SSSR count). The van der Waals surface area contributed by atoms with E-state index in [0.717, 1.165) is 44.3 Å². The summed E-state index contributed by atoms with van der Waals surface area (Å²) in [5, 5.41) is 11.6. The maximum absolute atomic E-state index is 13.0. The molecule has 0 aliphatic carbocycles. The van der Waals surface area contributed by atoms with E-state index in [2.05, 4.69) is 11.0 Å². The van der Waals surface area contributed by atoms with Crippen LogP contribution in [0.3, 0.4) is 0 Å². The van der Waals surface area contributed by atoms with Crippen LogP contribution in [-0.2, 0) is 13.0 Å². The van der Waals surface area contributed by atoms with Crippen LogP contribution in [-0.4, -0.2) is 35.4 Å². The van der Waals surface area contributed by atoms with Crippen LogP contribution in [0.25, 0.3) is 0 Å². The monoisotopic (exact) mass is 365 g/mol. The van der Waals surface area contributed by atoms with Gasteiger partial charge in [0.2, 0.25) is 0 Å². The van der Waals surface area contributed by atoms with E-state index >= 15 is 0 Å². The van der Waals surface area contributed by atoms with Crippen molar-refractivity contribution in [3.63, 3.8) is 0 Å². The van der Waals surface area contributed by atoms with Crippen LogP contribution in [0.15, 0.2) is 42.5 Å². The number of nitro groups is 1. The van der Waals surface area contributed by atoms with Crippen LogP contribution in [0.1, 0.15) is 40.7 Å². The van der Waals surface area contributed by atoms with E-state index in [1.165, 1.54) is 11.6 Å². The fourth-order valence-corrected chi connectivity index (χ4v) is 4.06. The lowest BCUT2D eigenvalue weighted by Crippen LogP contribution is -2.36. The van der Waals surface area contributed by atoms with Crippen molar-refractivity contribution in [2.45, 2.75) is 32.2 Å². The molecule has 0 spiro atoms. The first-order valence-electron chi connectivity index (χ1n) is 9.53. The fourth-order valence-electron chi connectivity index (χ4n) is 4.06. The SMILES string of the molecule is O=C(c1ccc(N2CCCCC2)c([N+](=O)[O-])c1)N1CCc2ccccc2C1. The number of benzene rings is 2. The fraction of sp³-hybridized carbons (Fsp3) is 0.381. The van der Waals surface area contributed by atoms with E-state index in [1.807, 2.05) is 18.2 Å². The molecule has 27 heavy (non-hydrogen) atoms. The van der Waals surface area contributed by atoms with Gasteiger partial charge < -0.3 is 9.80 Å². The summed E-state index contributed by atoms with van der Waals surface area (Å²) in [6.07, 6.45) is 4.07. The van der Waals surface area contributed by atoms with Crippen molar-refractivity contribution in [3.8, 4) is 0 Å². The predicted octanol–water partition coefficient (Wildman–Crippen LogP) is 3.78. The molecule has 2 heterocycles. The summed E-state index contributed by atoms with van der Waals surface area (Å²) < 4.78 is 0. The molecule has 1 amide bonds. The first-order valence-corrected chi connectivity index (χ1v) is 9.53. The van der Waals surface area contributed by atoms with Gasteiger partial charge in [0.15, 0.2) is 0 Å². The first kappa shape index (κ1) is 17.5. The molecule has 0 bridgehead atoms. The van der Waals surface area contributed by atoms with E-state index in [-0.39, 0.29) is 16.5 Å². The largest absolute Gasteiger partial charge is 0.366 e. The van der Waals surface area contributed by atoms with Gasteiger partial charge >= 0.3 is 0 Å². The third-order valence-electron chi connectivity index (χ3n) is 5.53. The van der Waals surface area contributed by atoms with Gasteiger partial charge in [-0.25, -0.2) is 0 Å². The summed E-state index contributed by atoms with van der Waals surface area (Å²) in [7, 11) is 0. The van der Waals surface area contributed by atoms with Gasteiger partial charge in [0.05, 0.1) is 4.92 Å². The highest BCUT2D eigenvalue weighted by Gasteiger charge is 2.26. The van der Waals surface area contributed by atoms with Gasteiger partial charge in [-0.3, -0.25) is 14.9 Å². The van der Waals surface area contributed by atoms with Crippen molar-refractivity contribution < 1.29 is 9.72 Å². The van der Waals surface area contributed by atoms with Crippen LogP contribution in [0, 0.1) is 10.1 Å². The second-order valence-corrected chi connectivity index (χ2v) is 7.25. The van der Waals surface area contributed by atoms with Crippen molar-refractivity contribution in [2.24, 2.45) is 0 Å². The average Bonchev–Trinajstić information content (AvgIpc) is 2.73. The second-order valence-electron chi connectivity index (χ2n) is 7.25. The first-order chi connectivity index (χ1) is 13.1. The van der Waals surface area contributed by atoms with Gasteiger partial charge in [0, 0.05) is 37.8 Å². The molecule has 0 N–H and O–H groups in total. The Morgan fingerprint density at radius 3 is 2.44 bits per heavy atom. The third kappa shape index (κ3) is 3.52. The van der Waals surface area contributed by atoms with Gasteiger partial charge in [0.1, 0.15) is 5.69 Å². The molecular formula is C21H23N3O3. The summed E-state index contributed by atoms with van der Waals surface area (Å²) in [5.74, 6) is -0.141. The summed E-state index contributed by atoms with van der Waals surface area (Å²) >= 11 is 0. The number of rotatable bonds is 3. The standard InChI is InChI=1S/C21H23N3O3/c25-21(23-13-10-16-6-2-3-7-18(16)15-23)17-8-9-19(20(14-17)24(26)27)22-11-4-1-5-12-22/h2-3,6-9,14H,1,4-5,10-13,15H2. The molecule has 1 fully saturated rings. The number of fused-ring (bicyclic) bond motifs is 1. The van der Waals surface area contributed by atoms with Crippen LogP contribution in [0.4, 0.5) is 11.4 Å². The zero-order chi connectivity index (χ0) is 18.8. The second kappa shape index (κ2) is 7.39. The topological polar surface area (TPSA) is 66.7 Å². The van der Waals surface area contributed by atoms with Gasteiger partial charge in [-0.05, 0) is 48.9 Å². The molecule has 2 aliphatic heterocycles. The molecule has 2 aromatic rings. The Bertz CT molecular complexity index is 875. The number of nitrogens with zero attached hydrogens (tertiary/aromatic N) is 3. The Morgan fingerprint density at radius 1 is 0.963 bits per heavy atom. The number of nitro benzene ring substituents is 1. The van der Waals surface area contributed by atoms with E-state index in [0.29, 0.717) is 24.3 Å². The minimum absolute atomic E-state index is 0.0279. The zero-order valence-corrected chi connectivity index (χ0v) is 15.3. The lowest BCUT2D eigenvalue weighted by atomic mass is 9.99. The van der Waals surface area contributed by atoms with Crippen LogP contribution < -0.4 is 4.90 Å². The van der Waals surface area contributed by atoms with Crippen molar-refractivity contribution >= 4 is 17.3 Å². The molecule has 2 aliphatic rings. The summed E-state index contributed by atoms with van der Waals surface area (Å²) in [5.41, 5.74) is 3.46. The summed E-state index contributed by atoms with van der Waals surface area (Å²) in [6, 6.07) is 13.1. The van der Waals surface area contributed by atoms with Gasteiger partial charge in [-0.2, -0.15) is 0 Å². The third-order valence-corrected chi connectivity index (χ3v) is 5.53. The van der Waals surface area contributed by atoms with Crippen LogP contribution >= 0.6 is 0 Å². The average molecular weight is 365 g/mol. The smallest absolute Gasteiger partial charge is 0.293 e. The molecule has 6 nitrogen and oxygen atoms in total. The lowest BCUT2D eigenvalue weighted by molar-refractivity contribution is -0.384. The molecule has 1 saturated heterocycles. The van der Waals surface area contributed by atoms with E-state index in [1.54, 1.807) is 17.0 Å². The Morgan fingerprint density at radius 2 is 1.70 bits per heavy atom. The molecule has 0 saturated carbocycles. The number of piperidine rings is 1. The molecule has 140 valence electrons. The number of hydrogen-bond acceptors (Lipinski definition) is 4. The Kier molecular flexibility index (Phi) is 4.79. The van der Waals surface area contributed by atoms with E-state index in [9.17, 15) is 14.9 Å². The van der Waals surface area contributed by atoms with Crippen molar-refractivity contribution in [2.75, 3.05) is 24.5 Å². The molecular weight excluding hydrogens is 342 g/mol. The summed E-state index contributed by atoms with van der Waals surface area (Å²) in [6.45, 7) is 2.85. The molecule has 0 aromatic heterocycles. The van der Waals surface area contributed by atoms with Gasteiger partial charge in [0.25, 0.3) is 11.6 Å². The maximum Gasteiger partial charge on any atom is 0.293 e. The lowest BCUT2D eigenvalue weighted by Gasteiger charge is -2.30. The van der Waals surface area contributed by atoms with Crippen LogP contribution in [0.2, 0.25) is 0 Å². The van der Waals surface area contributed by atoms with Gasteiger partial charge in [-0.1, -0.05) is 24.3 Å². The van der Waals surface area contributed by atoms with Crippen molar-refractivity contribution in [1.29, 1.82) is 0 Å². The Hall–Kier alpha value is -2.89. The van der Waals surface area contributed by atoms with E-state index < -0.39 is 0 Å². The van der Waals surface area contributed by atoms with Crippen LogP contribution in [0.5, 0.6) is 0 Å². The van der Waals surface area contributed by atoms with Gasteiger partial charge in [-0.15, -0.1) is 0 Å². The quantitative estimate of drug-likeness (QED) is 0.613. The molecule has 0 atom stereocenters. The minimum atomic E-state index is -0.369. The zero-order valence-electron chi connectivity index (χ0n) is 15.3. The number of anilines is 1. The normalized spacial score (nSPS) is 16.7. The maximum atomic E-state index is 13.0. The molecule has 6 heteroatoms. The summed E-state index contributed by atoms with van der Waals surface area (Å²) in [4.78, 5) is 28.1. The Labute approximate surface area is 158 Å². The molecule has 2 aromatic carbocycles. The number of amides is 1. The van der Waals surface area contributed by atoms with Crippen molar-refractivity contribution in [1.82, 2.24) is 4.90 Å². The molecule has 0 radical (unpaired) electrons. The molecule has 0 unspecified atom stereocenters. The highest BCUT2D eigenvalue weighted by atomic mass is 16.6. The highest BCUT2D eigenvalue weighted by molar-refractivity contribution is 5.96. The Balaban J connectivity index is 1.59.